The molecule has 1 heteroatoms. The molecule has 9 rings (SSSR count). The second kappa shape index (κ2) is 12.9. The molecule has 0 atom stereocenters. The van der Waals surface area contributed by atoms with Crippen molar-refractivity contribution in [3.05, 3.63) is 174 Å². The molecule has 1 heterocycles. The quantitative estimate of drug-likeness (QED) is 0.161. The molecule has 0 saturated heterocycles. The summed E-state index contributed by atoms with van der Waals surface area (Å²) < 4.78 is 6.43. The van der Waals surface area contributed by atoms with Crippen molar-refractivity contribution in [2.75, 3.05) is 0 Å². The molecule has 0 radical (unpaired) electrons. The minimum Gasteiger partial charge on any atom is -0.456 e. The van der Waals surface area contributed by atoms with Crippen molar-refractivity contribution in [1.29, 1.82) is 0 Å². The molecule has 250 valence electrons. The Kier molecular flexibility index (Phi) is 7.86. The molecule has 0 aliphatic heterocycles. The van der Waals surface area contributed by atoms with E-state index in [1.54, 1.807) is 0 Å². The van der Waals surface area contributed by atoms with Crippen LogP contribution < -0.4 is 0 Å². The van der Waals surface area contributed by atoms with Crippen molar-refractivity contribution in [3.8, 4) is 44.5 Å². The van der Waals surface area contributed by atoms with Crippen LogP contribution in [0.25, 0.3) is 94.1 Å². The first-order valence-electron chi connectivity index (χ1n) is 18.4. The second-order valence-electron chi connectivity index (χ2n) is 13.9. The van der Waals surface area contributed by atoms with E-state index in [0.29, 0.717) is 0 Å². The first kappa shape index (κ1) is 31.8. The average molecular weight is 669 g/mol. The molecule has 0 amide bonds. The Morgan fingerprint density at radius 3 is 1.77 bits per heavy atom. The van der Waals surface area contributed by atoms with E-state index in [2.05, 4.69) is 179 Å². The maximum atomic E-state index is 6.43. The Labute approximate surface area is 305 Å². The Morgan fingerprint density at radius 2 is 1.10 bits per heavy atom. The van der Waals surface area contributed by atoms with Gasteiger partial charge in [-0.2, -0.15) is 0 Å². The molecule has 0 N–H and O–H groups in total. The second-order valence-corrected chi connectivity index (χ2v) is 13.9. The van der Waals surface area contributed by atoms with Gasteiger partial charge in [0.25, 0.3) is 0 Å². The van der Waals surface area contributed by atoms with Crippen LogP contribution in [0.2, 0.25) is 0 Å². The third-order valence-electron chi connectivity index (χ3n) is 10.9. The fraction of sp³-hybridized carbons (Fsp3) is 0.0980. The number of hydrogen-bond acceptors (Lipinski definition) is 1. The Balaban J connectivity index is 1.24. The van der Waals surface area contributed by atoms with Gasteiger partial charge in [0.1, 0.15) is 11.2 Å². The van der Waals surface area contributed by atoms with E-state index >= 15 is 0 Å². The molecular weight excluding hydrogens is 629 g/mol. The molecule has 1 nitrogen and oxygen atoms in total. The maximum absolute atomic E-state index is 6.43. The van der Waals surface area contributed by atoms with Gasteiger partial charge >= 0.3 is 0 Å². The first-order chi connectivity index (χ1) is 25.5. The molecule has 1 aromatic heterocycles. The van der Waals surface area contributed by atoms with E-state index in [1.165, 1.54) is 93.7 Å². The van der Waals surface area contributed by atoms with Gasteiger partial charge in [-0.05, 0) is 140 Å². The highest BCUT2D eigenvalue weighted by molar-refractivity contribution is 6.21. The van der Waals surface area contributed by atoms with Gasteiger partial charge in [-0.15, -0.1) is 0 Å². The highest BCUT2D eigenvalue weighted by Gasteiger charge is 2.19. The zero-order valence-electron chi connectivity index (χ0n) is 30.1. The average Bonchev–Trinajstić information content (AvgIpc) is 3.57. The van der Waals surface area contributed by atoms with Gasteiger partial charge in [0, 0.05) is 16.3 Å². The third kappa shape index (κ3) is 5.16. The number of furan rings is 1. The van der Waals surface area contributed by atoms with Crippen molar-refractivity contribution in [1.82, 2.24) is 0 Å². The minimum atomic E-state index is 0.930. The smallest absolute Gasteiger partial charge is 0.138 e. The monoisotopic (exact) mass is 668 g/mol. The Bertz CT molecular complexity index is 2800. The Morgan fingerprint density at radius 1 is 0.500 bits per heavy atom. The molecule has 0 unspecified atom stereocenters. The molecule has 9 aromatic rings. The van der Waals surface area contributed by atoms with E-state index in [9.17, 15) is 0 Å². The van der Waals surface area contributed by atoms with Crippen LogP contribution in [-0.2, 0) is 6.42 Å². The molecule has 0 spiro atoms. The van der Waals surface area contributed by atoms with Gasteiger partial charge in [-0.3, -0.25) is 0 Å². The molecule has 0 fully saturated rings. The van der Waals surface area contributed by atoms with E-state index in [4.69, 9.17) is 4.42 Å². The summed E-state index contributed by atoms with van der Waals surface area (Å²) in [5.41, 5.74) is 16.8. The zero-order chi connectivity index (χ0) is 35.3. The van der Waals surface area contributed by atoms with Crippen molar-refractivity contribution in [2.24, 2.45) is 0 Å². The summed E-state index contributed by atoms with van der Waals surface area (Å²) in [4.78, 5) is 0. The number of aryl methyl sites for hydroxylation is 3. The molecule has 0 saturated carbocycles. The lowest BCUT2D eigenvalue weighted by Crippen LogP contribution is -1.93. The number of fused-ring (bicyclic) bond motifs is 5. The topological polar surface area (TPSA) is 13.1 Å². The first-order valence-corrected chi connectivity index (χ1v) is 18.4. The predicted molar refractivity (Wildman–Crippen MR) is 224 cm³/mol. The van der Waals surface area contributed by atoms with E-state index in [-0.39, 0.29) is 0 Å². The SMILES string of the molecule is C/C=C\c1cc(-c2cccc(-c3c4ccccc4c(-c4ccc(C)c(-c5ccc6c(oc7ccccc76)c5C)c4)c4ccccc34)c2)ccc1CC. The molecule has 0 aliphatic rings. The molecule has 0 aliphatic carbocycles. The lowest BCUT2D eigenvalue weighted by molar-refractivity contribution is 0.666. The van der Waals surface area contributed by atoms with E-state index in [0.717, 1.165) is 23.0 Å². The summed E-state index contributed by atoms with van der Waals surface area (Å²) in [6.07, 6.45) is 5.37. The standard InChI is InChI=1S/C51H40O/c1-5-14-35-29-37(26-25-34(35)6-2)36-15-13-16-38(30-36)49-42-18-7-9-20-44(42)50(45-21-10-8-19-43(45)49)39-24-23-32(3)47(31-39)40-27-28-46-41-17-11-12-22-48(41)52-51(46)33(40)4/h5,7-31H,6H2,1-4H3/b14-5-. The summed E-state index contributed by atoms with van der Waals surface area (Å²) >= 11 is 0. The normalized spacial score (nSPS) is 11.8. The zero-order valence-corrected chi connectivity index (χ0v) is 30.1. The lowest BCUT2D eigenvalue weighted by atomic mass is 9.84. The summed E-state index contributed by atoms with van der Waals surface area (Å²) in [6.45, 7) is 8.72. The van der Waals surface area contributed by atoms with Gasteiger partial charge in [-0.1, -0.05) is 134 Å². The number of hydrogen-bond donors (Lipinski definition) is 0. The summed E-state index contributed by atoms with van der Waals surface area (Å²) in [6, 6.07) is 53.6. The molecule has 0 bridgehead atoms. The van der Waals surface area contributed by atoms with Gasteiger partial charge in [0.15, 0.2) is 0 Å². The van der Waals surface area contributed by atoms with Crippen LogP contribution in [0.5, 0.6) is 0 Å². The van der Waals surface area contributed by atoms with Gasteiger partial charge in [0.05, 0.1) is 0 Å². The van der Waals surface area contributed by atoms with Crippen LogP contribution in [-0.4, -0.2) is 0 Å². The van der Waals surface area contributed by atoms with Crippen molar-refractivity contribution >= 4 is 49.6 Å². The van der Waals surface area contributed by atoms with Gasteiger partial charge in [0.2, 0.25) is 0 Å². The van der Waals surface area contributed by atoms with Crippen LogP contribution >= 0.6 is 0 Å². The number of para-hydroxylation sites is 1. The fourth-order valence-corrected chi connectivity index (χ4v) is 8.32. The largest absolute Gasteiger partial charge is 0.456 e. The van der Waals surface area contributed by atoms with Crippen LogP contribution in [0.15, 0.2) is 156 Å². The fourth-order valence-electron chi connectivity index (χ4n) is 8.32. The van der Waals surface area contributed by atoms with Crippen molar-refractivity contribution in [2.45, 2.75) is 34.1 Å². The number of rotatable bonds is 6. The van der Waals surface area contributed by atoms with E-state index in [1.807, 2.05) is 6.07 Å². The molecule has 8 aromatic carbocycles. The number of benzene rings is 8. The Hall–Kier alpha value is -6.18. The summed E-state index contributed by atoms with van der Waals surface area (Å²) in [5, 5.41) is 7.34. The highest BCUT2D eigenvalue weighted by Crippen LogP contribution is 2.46. The van der Waals surface area contributed by atoms with Crippen molar-refractivity contribution in [3.63, 3.8) is 0 Å². The lowest BCUT2D eigenvalue weighted by Gasteiger charge is -2.19. The highest BCUT2D eigenvalue weighted by atomic mass is 16.3. The number of allylic oxidation sites excluding steroid dienone is 1. The van der Waals surface area contributed by atoms with Crippen LogP contribution in [0.1, 0.15) is 36.1 Å². The minimum absolute atomic E-state index is 0.930. The van der Waals surface area contributed by atoms with Crippen LogP contribution in [0.4, 0.5) is 0 Å². The molecule has 52 heavy (non-hydrogen) atoms. The summed E-state index contributed by atoms with van der Waals surface area (Å²) in [5.74, 6) is 0. The summed E-state index contributed by atoms with van der Waals surface area (Å²) in [7, 11) is 0. The van der Waals surface area contributed by atoms with Crippen LogP contribution in [0.3, 0.4) is 0 Å². The van der Waals surface area contributed by atoms with E-state index < -0.39 is 0 Å². The third-order valence-corrected chi connectivity index (χ3v) is 10.9. The van der Waals surface area contributed by atoms with Crippen molar-refractivity contribution < 1.29 is 4.42 Å². The maximum Gasteiger partial charge on any atom is 0.138 e. The predicted octanol–water partition coefficient (Wildman–Crippen LogP) is 14.8. The van der Waals surface area contributed by atoms with Crippen LogP contribution in [0, 0.1) is 13.8 Å². The molecular formula is C51H40O. The van der Waals surface area contributed by atoms with Gasteiger partial charge in [-0.25, -0.2) is 0 Å². The van der Waals surface area contributed by atoms with Gasteiger partial charge < -0.3 is 4.42 Å².